The molecule has 7 heteroatoms. The van der Waals surface area contributed by atoms with Crippen molar-refractivity contribution in [1.82, 2.24) is 10.3 Å². The van der Waals surface area contributed by atoms with Crippen LogP contribution in [-0.2, 0) is 10.3 Å². The molecule has 0 aliphatic heterocycles. The number of halogens is 4. The molecule has 1 amide bonds. The third-order valence-electron chi connectivity index (χ3n) is 4.63. The Labute approximate surface area is 154 Å². The average Bonchev–Trinajstić information content (AvgIpc) is 3.30. The maximum absolute atomic E-state index is 13.2. The van der Waals surface area contributed by atoms with Crippen LogP contribution in [0.25, 0.3) is 0 Å². The molecule has 0 radical (unpaired) electrons. The smallest absolute Gasteiger partial charge is 0.343 e. The summed E-state index contributed by atoms with van der Waals surface area (Å²) in [7, 11) is 0. The van der Waals surface area contributed by atoms with Crippen molar-refractivity contribution in [3.63, 3.8) is 0 Å². The second-order valence-corrected chi connectivity index (χ2v) is 7.09. The number of amides is 1. The van der Waals surface area contributed by atoms with Gasteiger partial charge in [0.2, 0.25) is 5.91 Å². The van der Waals surface area contributed by atoms with E-state index in [-0.39, 0.29) is 18.4 Å². The Morgan fingerprint density at radius 2 is 2.04 bits per heavy atom. The van der Waals surface area contributed by atoms with Crippen LogP contribution in [0.15, 0.2) is 53.8 Å². The van der Waals surface area contributed by atoms with Crippen molar-refractivity contribution >= 4 is 17.5 Å². The first kappa shape index (κ1) is 18.7. The monoisotopic (exact) mass is 382 g/mol. The molecule has 0 bridgehead atoms. The van der Waals surface area contributed by atoms with Crippen LogP contribution >= 0.6 is 11.6 Å². The number of nitrogens with one attached hydrogen (secondary N) is 1. The van der Waals surface area contributed by atoms with Gasteiger partial charge < -0.3 is 5.32 Å². The number of rotatable bonds is 3. The summed E-state index contributed by atoms with van der Waals surface area (Å²) < 4.78 is 39.5. The Kier molecular flexibility index (Phi) is 4.97. The number of nitrogens with zero attached hydrogens (tertiary/aromatic N) is 1. The molecule has 0 saturated heterocycles. The minimum atomic E-state index is -4.48. The van der Waals surface area contributed by atoms with Crippen LogP contribution in [0.2, 0.25) is 5.15 Å². The van der Waals surface area contributed by atoms with E-state index in [1.54, 1.807) is 18.3 Å². The molecule has 0 unspecified atom stereocenters. The van der Waals surface area contributed by atoms with Crippen molar-refractivity contribution in [1.29, 1.82) is 0 Å². The number of alkyl halides is 3. The van der Waals surface area contributed by atoms with Gasteiger partial charge in [-0.1, -0.05) is 35.9 Å². The van der Waals surface area contributed by atoms with Crippen LogP contribution in [0.3, 0.4) is 0 Å². The number of carbonyl (C=O) groups is 1. The highest BCUT2D eigenvalue weighted by Gasteiger charge is 2.46. The largest absolute Gasteiger partial charge is 0.416 e. The minimum Gasteiger partial charge on any atom is -0.343 e. The predicted molar refractivity (Wildman–Crippen MR) is 93.5 cm³/mol. The van der Waals surface area contributed by atoms with Gasteiger partial charge in [0.25, 0.3) is 0 Å². The lowest BCUT2D eigenvalue weighted by Gasteiger charge is -2.21. The molecule has 0 aromatic carbocycles. The Morgan fingerprint density at radius 1 is 1.31 bits per heavy atom. The van der Waals surface area contributed by atoms with Gasteiger partial charge in [0, 0.05) is 11.8 Å². The molecule has 1 saturated carbocycles. The molecular formula is C19H18ClF3N2O. The second-order valence-electron chi connectivity index (χ2n) is 6.70. The standard InChI is InChI=1S/C19H18ClF3N2O/c1-12-3-2-4-14(19(21,22)23)10-13(9-12)17(26)25-18(7-8-18)15-5-6-16(20)24-11-15/h4-6,10-11H,1-3,7-9H2,(H,25,26)/b13-10+,14-4+. The Hall–Kier alpha value is -2.08. The highest BCUT2D eigenvalue weighted by molar-refractivity contribution is 6.29. The normalized spacial score (nSPS) is 23.8. The van der Waals surface area contributed by atoms with Gasteiger partial charge in [-0.15, -0.1) is 0 Å². The molecule has 1 aromatic rings. The predicted octanol–water partition coefficient (Wildman–Crippen LogP) is 5.00. The van der Waals surface area contributed by atoms with Gasteiger partial charge >= 0.3 is 6.18 Å². The van der Waals surface area contributed by atoms with Crippen LogP contribution in [0.1, 0.15) is 37.7 Å². The van der Waals surface area contributed by atoms with Crippen LogP contribution in [0, 0.1) is 0 Å². The number of aromatic nitrogens is 1. The molecular weight excluding hydrogens is 365 g/mol. The van der Waals surface area contributed by atoms with Gasteiger partial charge in [-0.2, -0.15) is 13.2 Å². The summed E-state index contributed by atoms with van der Waals surface area (Å²) in [5.41, 5.74) is 0.245. The topological polar surface area (TPSA) is 42.0 Å². The third kappa shape index (κ3) is 4.18. The molecule has 0 spiro atoms. The van der Waals surface area contributed by atoms with Crippen molar-refractivity contribution in [3.8, 4) is 0 Å². The quantitative estimate of drug-likeness (QED) is 0.590. The van der Waals surface area contributed by atoms with Gasteiger partial charge in [-0.05, 0) is 49.8 Å². The Bertz CT molecular complexity index is 790. The van der Waals surface area contributed by atoms with Crippen molar-refractivity contribution < 1.29 is 18.0 Å². The number of allylic oxidation sites excluding steroid dienone is 4. The van der Waals surface area contributed by atoms with Crippen LogP contribution < -0.4 is 5.32 Å². The molecule has 2 aliphatic carbocycles. The van der Waals surface area contributed by atoms with Crippen molar-refractivity contribution in [2.24, 2.45) is 0 Å². The van der Waals surface area contributed by atoms with Gasteiger partial charge in [0.15, 0.2) is 0 Å². The second kappa shape index (κ2) is 6.91. The summed E-state index contributed by atoms with van der Waals surface area (Å²) in [6.07, 6.45) is 1.40. The zero-order chi connectivity index (χ0) is 18.9. The summed E-state index contributed by atoms with van der Waals surface area (Å²) in [6.45, 7) is 3.86. The molecule has 3 nitrogen and oxygen atoms in total. The SMILES string of the molecule is C=C1CC/C=C(C(F)(F)F)\C=C(\C(=O)NC2(c3ccc(Cl)nc3)CC2)C1. The van der Waals surface area contributed by atoms with E-state index in [2.05, 4.69) is 16.9 Å². The fourth-order valence-electron chi connectivity index (χ4n) is 3.00. The van der Waals surface area contributed by atoms with E-state index in [9.17, 15) is 18.0 Å². The molecule has 1 heterocycles. The summed E-state index contributed by atoms with van der Waals surface area (Å²) in [5, 5.41) is 3.23. The molecule has 1 N–H and O–H groups in total. The fourth-order valence-corrected chi connectivity index (χ4v) is 3.11. The Balaban J connectivity index is 1.84. The number of hydrogen-bond donors (Lipinski definition) is 1. The number of carbonyl (C=O) groups excluding carboxylic acids is 1. The first-order valence-electron chi connectivity index (χ1n) is 8.29. The first-order valence-corrected chi connectivity index (χ1v) is 8.66. The Morgan fingerprint density at radius 3 is 2.62 bits per heavy atom. The zero-order valence-electron chi connectivity index (χ0n) is 14.0. The van der Waals surface area contributed by atoms with Gasteiger partial charge in [-0.25, -0.2) is 4.98 Å². The van der Waals surface area contributed by atoms with E-state index in [0.29, 0.717) is 24.4 Å². The van der Waals surface area contributed by atoms with Gasteiger partial charge in [0.1, 0.15) is 5.15 Å². The highest BCUT2D eigenvalue weighted by Crippen LogP contribution is 2.45. The van der Waals surface area contributed by atoms with E-state index in [0.717, 1.165) is 23.3 Å². The lowest BCUT2D eigenvalue weighted by atomic mass is 9.95. The van der Waals surface area contributed by atoms with E-state index in [1.165, 1.54) is 0 Å². The number of hydrogen-bond acceptors (Lipinski definition) is 2. The average molecular weight is 383 g/mol. The highest BCUT2D eigenvalue weighted by atomic mass is 35.5. The third-order valence-corrected chi connectivity index (χ3v) is 4.86. The van der Waals surface area contributed by atoms with Crippen LogP contribution in [-0.4, -0.2) is 17.1 Å². The van der Waals surface area contributed by atoms with Crippen LogP contribution in [0.5, 0.6) is 0 Å². The van der Waals surface area contributed by atoms with E-state index in [1.807, 2.05) is 0 Å². The molecule has 3 rings (SSSR count). The van der Waals surface area contributed by atoms with E-state index in [4.69, 9.17) is 11.6 Å². The van der Waals surface area contributed by atoms with Crippen molar-refractivity contribution in [2.45, 2.75) is 43.8 Å². The van der Waals surface area contributed by atoms with Gasteiger partial charge in [0.05, 0.1) is 11.1 Å². The molecule has 2 aliphatic rings. The molecule has 138 valence electrons. The summed E-state index contributed by atoms with van der Waals surface area (Å²) in [6, 6.07) is 3.40. The summed E-state index contributed by atoms with van der Waals surface area (Å²) >= 11 is 5.79. The van der Waals surface area contributed by atoms with Crippen molar-refractivity contribution in [2.75, 3.05) is 0 Å². The maximum Gasteiger partial charge on any atom is 0.416 e. The zero-order valence-corrected chi connectivity index (χ0v) is 14.8. The maximum atomic E-state index is 13.2. The lowest BCUT2D eigenvalue weighted by molar-refractivity contribution is -0.118. The van der Waals surface area contributed by atoms with Crippen molar-refractivity contribution in [3.05, 3.63) is 64.5 Å². The molecule has 1 aromatic heterocycles. The minimum absolute atomic E-state index is 0.0754. The van der Waals surface area contributed by atoms with Gasteiger partial charge in [-0.3, -0.25) is 4.79 Å². The fraction of sp³-hybridized carbons (Fsp3) is 0.368. The number of pyridine rings is 1. The molecule has 0 atom stereocenters. The van der Waals surface area contributed by atoms with E-state index < -0.39 is 23.2 Å². The summed E-state index contributed by atoms with van der Waals surface area (Å²) in [5.74, 6) is -0.504. The molecule has 26 heavy (non-hydrogen) atoms. The van der Waals surface area contributed by atoms with E-state index >= 15 is 0 Å². The summed E-state index contributed by atoms with van der Waals surface area (Å²) in [4.78, 5) is 16.7. The molecule has 1 fully saturated rings. The lowest BCUT2D eigenvalue weighted by Crippen LogP contribution is -2.36. The van der Waals surface area contributed by atoms with Crippen LogP contribution in [0.4, 0.5) is 13.2 Å². The first-order chi connectivity index (χ1) is 12.2.